The molecule has 1 saturated heterocycles. The third-order valence-electron chi connectivity index (χ3n) is 5.34. The van der Waals surface area contributed by atoms with E-state index < -0.39 is 23.2 Å². The Bertz CT molecular complexity index is 1320. The molecule has 0 aliphatic carbocycles. The van der Waals surface area contributed by atoms with Crippen LogP contribution in [0.2, 0.25) is 0 Å². The number of esters is 1. The lowest BCUT2D eigenvalue weighted by Gasteiger charge is -2.18. The van der Waals surface area contributed by atoms with Gasteiger partial charge in [0.05, 0.1) is 23.6 Å². The van der Waals surface area contributed by atoms with Gasteiger partial charge >= 0.3 is 5.97 Å². The first-order valence-electron chi connectivity index (χ1n) is 9.85. The molecule has 1 aliphatic rings. The number of para-hydroxylation sites is 1. The van der Waals surface area contributed by atoms with Crippen molar-refractivity contribution < 1.29 is 19.1 Å². The molecule has 160 valence electrons. The number of nitrogens with zero attached hydrogens (tertiary/aromatic N) is 3. The fraction of sp³-hybridized carbons (Fsp3) is 0.167. The summed E-state index contributed by atoms with van der Waals surface area (Å²) in [6.45, 7) is 1.95. The zero-order chi connectivity index (χ0) is 22.8. The van der Waals surface area contributed by atoms with Crippen LogP contribution in [0.25, 0.3) is 17.0 Å². The number of nitriles is 1. The number of ether oxygens (including phenoxy) is 1. The molecule has 0 bridgehead atoms. The summed E-state index contributed by atoms with van der Waals surface area (Å²) in [4.78, 5) is 38.3. The van der Waals surface area contributed by atoms with Crippen molar-refractivity contribution in [2.45, 2.75) is 19.5 Å². The van der Waals surface area contributed by atoms with Gasteiger partial charge in [-0.05, 0) is 42.5 Å². The molecule has 0 spiro atoms. The van der Waals surface area contributed by atoms with Crippen LogP contribution in [0.1, 0.15) is 23.6 Å². The van der Waals surface area contributed by atoms with E-state index in [1.165, 1.54) is 14.0 Å². The molecule has 3 aromatic rings. The highest BCUT2D eigenvalue weighted by Gasteiger charge is 2.41. The van der Waals surface area contributed by atoms with Crippen LogP contribution >= 0.6 is 11.8 Å². The first-order chi connectivity index (χ1) is 15.4. The number of methoxy groups -OCH3 is 1. The Morgan fingerprint density at radius 2 is 1.91 bits per heavy atom. The van der Waals surface area contributed by atoms with Crippen LogP contribution in [0.5, 0.6) is 0 Å². The summed E-state index contributed by atoms with van der Waals surface area (Å²) in [5, 5.41) is 9.81. The van der Waals surface area contributed by atoms with E-state index in [1.807, 2.05) is 53.2 Å². The summed E-state index contributed by atoms with van der Waals surface area (Å²) in [5.74, 6) is -1.18. The number of carbonyl (C=O) groups excluding carboxylic acids is 3. The molecule has 8 heteroatoms. The number of aromatic nitrogens is 1. The van der Waals surface area contributed by atoms with Gasteiger partial charge in [-0.2, -0.15) is 5.26 Å². The molecule has 2 aromatic carbocycles. The second kappa shape index (κ2) is 8.73. The third kappa shape index (κ3) is 3.79. The average Bonchev–Trinajstić information content (AvgIpc) is 3.29. The van der Waals surface area contributed by atoms with Gasteiger partial charge in [-0.15, -0.1) is 0 Å². The standard InChI is InChI=1S/C24H19N3O4S/c1-15(23(29)31-2)27-22(28)21(32-24(27)30)11-18-14-26(20-10-6-5-9-19(18)20)13-17-8-4-3-7-16(17)12-25/h3-11,14-15H,13H2,1-2H3/b21-11+/t15-/m1/s1. The van der Waals surface area contributed by atoms with Crippen molar-refractivity contribution in [3.63, 3.8) is 0 Å². The molecule has 32 heavy (non-hydrogen) atoms. The van der Waals surface area contributed by atoms with Crippen LogP contribution < -0.4 is 0 Å². The molecule has 4 rings (SSSR count). The summed E-state index contributed by atoms with van der Waals surface area (Å²) >= 11 is 0.799. The number of hydrogen-bond acceptors (Lipinski definition) is 6. The minimum Gasteiger partial charge on any atom is -0.467 e. The number of carbonyl (C=O) groups is 3. The molecular weight excluding hydrogens is 426 g/mol. The van der Waals surface area contributed by atoms with E-state index in [-0.39, 0.29) is 4.91 Å². The lowest BCUT2D eigenvalue weighted by atomic mass is 10.1. The van der Waals surface area contributed by atoms with Gasteiger partial charge in [0.2, 0.25) is 0 Å². The van der Waals surface area contributed by atoms with E-state index in [0.29, 0.717) is 12.1 Å². The van der Waals surface area contributed by atoms with Gasteiger partial charge in [-0.3, -0.25) is 14.5 Å². The highest BCUT2D eigenvalue weighted by atomic mass is 32.2. The van der Waals surface area contributed by atoms with Gasteiger partial charge < -0.3 is 9.30 Å². The van der Waals surface area contributed by atoms with Gasteiger partial charge in [0.15, 0.2) is 0 Å². The van der Waals surface area contributed by atoms with Crippen LogP contribution in [0.15, 0.2) is 59.6 Å². The molecule has 0 radical (unpaired) electrons. The minimum atomic E-state index is -0.998. The average molecular weight is 446 g/mol. The molecule has 2 amide bonds. The Balaban J connectivity index is 1.73. The van der Waals surface area contributed by atoms with E-state index in [2.05, 4.69) is 10.8 Å². The highest BCUT2D eigenvalue weighted by molar-refractivity contribution is 8.18. The first kappa shape index (κ1) is 21.4. The van der Waals surface area contributed by atoms with E-state index in [1.54, 1.807) is 12.1 Å². The molecule has 0 unspecified atom stereocenters. The molecule has 1 aliphatic heterocycles. The van der Waals surface area contributed by atoms with Crippen LogP contribution in [0.3, 0.4) is 0 Å². The van der Waals surface area contributed by atoms with Gasteiger partial charge in [0.1, 0.15) is 6.04 Å². The zero-order valence-electron chi connectivity index (χ0n) is 17.4. The smallest absolute Gasteiger partial charge is 0.328 e. The Morgan fingerprint density at radius 1 is 1.19 bits per heavy atom. The number of thioether (sulfide) groups is 1. The predicted molar refractivity (Wildman–Crippen MR) is 121 cm³/mol. The fourth-order valence-electron chi connectivity index (χ4n) is 3.70. The van der Waals surface area contributed by atoms with Crippen LogP contribution in [-0.2, 0) is 20.9 Å². The topological polar surface area (TPSA) is 92.4 Å². The summed E-state index contributed by atoms with van der Waals surface area (Å²) in [6.07, 6.45) is 3.57. The Hall–Kier alpha value is -3.83. The third-order valence-corrected chi connectivity index (χ3v) is 6.22. The molecule has 2 heterocycles. The lowest BCUT2D eigenvalue weighted by molar-refractivity contribution is -0.148. The molecule has 0 saturated carbocycles. The largest absolute Gasteiger partial charge is 0.467 e. The van der Waals surface area contributed by atoms with Crippen LogP contribution in [0, 0.1) is 11.3 Å². The molecule has 1 fully saturated rings. The zero-order valence-corrected chi connectivity index (χ0v) is 18.3. The quantitative estimate of drug-likeness (QED) is 0.433. The Labute approximate surface area is 188 Å². The molecule has 1 aromatic heterocycles. The Morgan fingerprint density at radius 3 is 2.66 bits per heavy atom. The van der Waals surface area contributed by atoms with Crippen molar-refractivity contribution >= 4 is 45.9 Å². The van der Waals surface area contributed by atoms with Gasteiger partial charge in [0, 0.05) is 29.2 Å². The predicted octanol–water partition coefficient (Wildman–Crippen LogP) is 4.16. The van der Waals surface area contributed by atoms with Crippen molar-refractivity contribution in [2.75, 3.05) is 7.11 Å². The maximum absolute atomic E-state index is 12.9. The van der Waals surface area contributed by atoms with Crippen LogP contribution in [-0.4, -0.2) is 39.7 Å². The highest BCUT2D eigenvalue weighted by Crippen LogP contribution is 2.35. The van der Waals surface area contributed by atoms with E-state index >= 15 is 0 Å². The monoisotopic (exact) mass is 445 g/mol. The fourth-order valence-corrected chi connectivity index (χ4v) is 4.60. The summed E-state index contributed by atoms with van der Waals surface area (Å²) in [7, 11) is 1.22. The van der Waals surface area contributed by atoms with Crippen molar-refractivity contribution in [1.82, 2.24) is 9.47 Å². The minimum absolute atomic E-state index is 0.242. The van der Waals surface area contributed by atoms with Gasteiger partial charge in [0.25, 0.3) is 11.1 Å². The number of imide groups is 1. The summed E-state index contributed by atoms with van der Waals surface area (Å²) in [6, 6.07) is 16.3. The first-order valence-corrected chi connectivity index (χ1v) is 10.7. The molecule has 1 atom stereocenters. The molecule has 0 N–H and O–H groups in total. The normalized spacial score (nSPS) is 15.9. The van der Waals surface area contributed by atoms with E-state index in [0.717, 1.165) is 38.7 Å². The number of fused-ring (bicyclic) bond motifs is 1. The number of hydrogen-bond donors (Lipinski definition) is 0. The van der Waals surface area contributed by atoms with Gasteiger partial charge in [-0.25, -0.2) is 4.79 Å². The molecule has 7 nitrogen and oxygen atoms in total. The Kier molecular flexibility index (Phi) is 5.84. The van der Waals surface area contributed by atoms with Crippen molar-refractivity contribution in [1.29, 1.82) is 5.26 Å². The maximum atomic E-state index is 12.9. The number of benzene rings is 2. The van der Waals surface area contributed by atoms with Crippen molar-refractivity contribution in [3.05, 3.63) is 76.3 Å². The van der Waals surface area contributed by atoms with E-state index in [9.17, 15) is 19.6 Å². The second-order valence-corrected chi connectivity index (χ2v) is 8.24. The van der Waals surface area contributed by atoms with Gasteiger partial charge in [-0.1, -0.05) is 36.4 Å². The van der Waals surface area contributed by atoms with Crippen LogP contribution in [0.4, 0.5) is 4.79 Å². The second-order valence-electron chi connectivity index (χ2n) is 7.25. The SMILES string of the molecule is COC(=O)[C@@H](C)N1C(=O)S/C(=C/c2cn(Cc3ccccc3C#N)c3ccccc23)C1=O. The summed E-state index contributed by atoms with van der Waals surface area (Å²) < 4.78 is 6.68. The molecular formula is C24H19N3O4S. The van der Waals surface area contributed by atoms with Crippen molar-refractivity contribution in [3.8, 4) is 6.07 Å². The maximum Gasteiger partial charge on any atom is 0.328 e. The van der Waals surface area contributed by atoms with E-state index in [4.69, 9.17) is 0 Å². The lowest BCUT2D eigenvalue weighted by Crippen LogP contribution is -2.42. The summed E-state index contributed by atoms with van der Waals surface area (Å²) in [5.41, 5.74) is 3.19. The van der Waals surface area contributed by atoms with Crippen molar-refractivity contribution in [2.24, 2.45) is 0 Å². The number of rotatable bonds is 5. The number of amides is 2.